The second kappa shape index (κ2) is 9.25. The zero-order valence-electron chi connectivity index (χ0n) is 19.5. The number of sulfonamides is 1. The van der Waals surface area contributed by atoms with Gasteiger partial charge in [-0.1, -0.05) is 0 Å². The maximum Gasteiger partial charge on any atom is 0.332 e. The molecule has 0 bridgehead atoms. The van der Waals surface area contributed by atoms with Gasteiger partial charge < -0.3 is 18.8 Å². The number of hydrogen-bond acceptors (Lipinski definition) is 6. The number of esters is 1. The normalized spacial score (nSPS) is 17.1. The molecule has 0 aliphatic carbocycles. The number of ether oxygens (including phenoxy) is 3. The fourth-order valence-corrected chi connectivity index (χ4v) is 6.07. The van der Waals surface area contributed by atoms with Gasteiger partial charge in [0.1, 0.15) is 18.0 Å². The Bertz CT molecular complexity index is 1060. The van der Waals surface area contributed by atoms with Crippen LogP contribution in [0.1, 0.15) is 43.6 Å². The monoisotopic (exact) mass is 464 g/mol. The van der Waals surface area contributed by atoms with Gasteiger partial charge in [0, 0.05) is 25.0 Å². The first-order chi connectivity index (χ1) is 14.9. The Balaban J connectivity index is 1.88. The van der Waals surface area contributed by atoms with Crippen molar-refractivity contribution in [2.24, 2.45) is 0 Å². The largest absolute Gasteiger partial charge is 0.497 e. The number of benzene rings is 1. The number of fused-ring (bicyclic) bond motifs is 1. The van der Waals surface area contributed by atoms with Crippen LogP contribution in [0.3, 0.4) is 0 Å². The third kappa shape index (κ3) is 5.16. The lowest BCUT2D eigenvalue weighted by Crippen LogP contribution is -2.44. The van der Waals surface area contributed by atoms with Crippen LogP contribution < -0.4 is 4.74 Å². The van der Waals surface area contributed by atoms with E-state index in [1.807, 2.05) is 22.9 Å². The van der Waals surface area contributed by atoms with Crippen molar-refractivity contribution in [1.82, 2.24) is 8.87 Å². The molecule has 1 aliphatic rings. The number of carbonyl (C=O) groups is 1. The summed E-state index contributed by atoms with van der Waals surface area (Å²) in [5.41, 5.74) is 1.46. The topological polar surface area (TPSA) is 87.1 Å². The van der Waals surface area contributed by atoms with Crippen LogP contribution >= 0.6 is 0 Å². The van der Waals surface area contributed by atoms with E-state index in [2.05, 4.69) is 0 Å². The molecule has 1 aliphatic heterocycles. The SMILES string of the molecule is COc1cc(C)c(S(=O)(=O)N2CCn3cccc3C2COCC(=O)OC(C)(C)C)c(C)c1. The van der Waals surface area contributed by atoms with Crippen LogP contribution in [-0.2, 0) is 30.8 Å². The molecule has 9 heteroatoms. The molecule has 0 radical (unpaired) electrons. The fraction of sp³-hybridized carbons (Fsp3) is 0.522. The Morgan fingerprint density at radius 1 is 1.16 bits per heavy atom. The molecule has 0 saturated heterocycles. The van der Waals surface area contributed by atoms with Crippen molar-refractivity contribution in [1.29, 1.82) is 0 Å². The molecule has 0 amide bonds. The van der Waals surface area contributed by atoms with Gasteiger partial charge in [-0.15, -0.1) is 0 Å². The average Bonchev–Trinajstić information content (AvgIpc) is 3.14. The number of rotatable bonds is 7. The molecular weight excluding hydrogens is 432 g/mol. The zero-order chi connectivity index (χ0) is 23.7. The Morgan fingerprint density at radius 2 is 1.81 bits per heavy atom. The van der Waals surface area contributed by atoms with Crippen LogP contribution in [0.15, 0.2) is 35.4 Å². The minimum Gasteiger partial charge on any atom is -0.497 e. The number of hydrogen-bond donors (Lipinski definition) is 0. The molecular formula is C23H32N2O6S. The van der Waals surface area contributed by atoms with Crippen molar-refractivity contribution < 1.29 is 27.4 Å². The molecule has 3 rings (SSSR count). The lowest BCUT2D eigenvalue weighted by molar-refractivity contribution is -0.160. The van der Waals surface area contributed by atoms with Gasteiger partial charge in [-0.2, -0.15) is 4.31 Å². The van der Waals surface area contributed by atoms with Gasteiger partial charge in [0.05, 0.1) is 24.7 Å². The van der Waals surface area contributed by atoms with E-state index in [1.165, 1.54) is 4.31 Å². The molecule has 0 N–H and O–H groups in total. The van der Waals surface area contributed by atoms with Crippen molar-refractivity contribution in [3.8, 4) is 5.75 Å². The molecule has 0 saturated carbocycles. The minimum atomic E-state index is -3.83. The molecule has 8 nitrogen and oxygen atoms in total. The molecule has 1 unspecified atom stereocenters. The van der Waals surface area contributed by atoms with Crippen LogP contribution in [-0.4, -0.2) is 55.7 Å². The first kappa shape index (κ1) is 24.3. The highest BCUT2D eigenvalue weighted by Crippen LogP contribution is 2.35. The van der Waals surface area contributed by atoms with E-state index in [0.29, 0.717) is 30.0 Å². The predicted molar refractivity (Wildman–Crippen MR) is 120 cm³/mol. The van der Waals surface area contributed by atoms with Crippen molar-refractivity contribution in [3.05, 3.63) is 47.3 Å². The molecule has 1 aromatic carbocycles. The minimum absolute atomic E-state index is 0.0384. The van der Waals surface area contributed by atoms with Gasteiger partial charge in [-0.3, -0.25) is 0 Å². The maximum absolute atomic E-state index is 13.8. The predicted octanol–water partition coefficient (Wildman–Crippen LogP) is 3.22. The second-order valence-electron chi connectivity index (χ2n) is 8.95. The zero-order valence-corrected chi connectivity index (χ0v) is 20.4. The smallest absolute Gasteiger partial charge is 0.332 e. The molecule has 1 aromatic heterocycles. The van der Waals surface area contributed by atoms with Gasteiger partial charge in [0.2, 0.25) is 10.0 Å². The third-order valence-corrected chi connectivity index (χ3v) is 7.48. The number of aromatic nitrogens is 1. The van der Waals surface area contributed by atoms with Crippen molar-refractivity contribution in [3.63, 3.8) is 0 Å². The highest BCUT2D eigenvalue weighted by Gasteiger charge is 2.38. The molecule has 0 spiro atoms. The third-order valence-electron chi connectivity index (χ3n) is 5.27. The van der Waals surface area contributed by atoms with Crippen molar-refractivity contribution >= 4 is 16.0 Å². The summed E-state index contributed by atoms with van der Waals surface area (Å²) in [6, 6.07) is 6.65. The number of nitrogens with zero attached hydrogens (tertiary/aromatic N) is 2. The second-order valence-corrected chi connectivity index (χ2v) is 10.8. The van der Waals surface area contributed by atoms with E-state index >= 15 is 0 Å². The summed E-state index contributed by atoms with van der Waals surface area (Å²) in [5, 5.41) is 0. The quantitative estimate of drug-likeness (QED) is 0.585. The van der Waals surface area contributed by atoms with Crippen LogP contribution in [0.25, 0.3) is 0 Å². The summed E-state index contributed by atoms with van der Waals surface area (Å²) in [7, 11) is -2.27. The number of carbonyl (C=O) groups excluding carboxylic acids is 1. The summed E-state index contributed by atoms with van der Waals surface area (Å²) in [6.45, 7) is 9.52. The number of methoxy groups -OCH3 is 1. The molecule has 176 valence electrons. The van der Waals surface area contributed by atoms with E-state index in [0.717, 1.165) is 5.69 Å². The van der Waals surface area contributed by atoms with Crippen LogP contribution in [0.5, 0.6) is 5.75 Å². The summed E-state index contributed by atoms with van der Waals surface area (Å²) in [4.78, 5) is 12.3. The lowest BCUT2D eigenvalue weighted by atomic mass is 10.1. The summed E-state index contributed by atoms with van der Waals surface area (Å²) in [5.74, 6) is 0.128. The van der Waals surface area contributed by atoms with Crippen LogP contribution in [0, 0.1) is 13.8 Å². The van der Waals surface area contributed by atoms with Crippen molar-refractivity contribution in [2.75, 3.05) is 26.9 Å². The molecule has 2 heterocycles. The Morgan fingerprint density at radius 3 is 2.41 bits per heavy atom. The molecule has 1 atom stereocenters. The Kier molecular flexibility index (Phi) is 7.02. The van der Waals surface area contributed by atoms with Gasteiger partial charge in [0.25, 0.3) is 0 Å². The Labute approximate surface area is 190 Å². The standard InChI is InChI=1S/C23H32N2O6S/c1-16-12-18(29-6)13-17(2)22(16)32(27,28)25-11-10-24-9-7-8-19(24)20(25)14-30-15-21(26)31-23(3,4)5/h7-9,12-13,20H,10-11,14-15H2,1-6H3. The van der Waals surface area contributed by atoms with Crippen LogP contribution in [0.2, 0.25) is 0 Å². The van der Waals surface area contributed by atoms with Crippen molar-refractivity contribution in [2.45, 2.75) is 57.7 Å². The highest BCUT2D eigenvalue weighted by atomic mass is 32.2. The van der Waals surface area contributed by atoms with E-state index in [-0.39, 0.29) is 18.1 Å². The molecule has 32 heavy (non-hydrogen) atoms. The van der Waals surface area contributed by atoms with E-state index in [4.69, 9.17) is 14.2 Å². The summed E-state index contributed by atoms with van der Waals surface area (Å²) in [6.07, 6.45) is 1.92. The van der Waals surface area contributed by atoms with Gasteiger partial charge in [-0.05, 0) is 70.0 Å². The van der Waals surface area contributed by atoms with Gasteiger partial charge >= 0.3 is 5.97 Å². The maximum atomic E-state index is 13.8. The van der Waals surface area contributed by atoms with E-state index in [9.17, 15) is 13.2 Å². The van der Waals surface area contributed by atoms with Crippen LogP contribution in [0.4, 0.5) is 0 Å². The average molecular weight is 465 g/mol. The highest BCUT2D eigenvalue weighted by molar-refractivity contribution is 7.89. The molecule has 0 fully saturated rings. The summed E-state index contributed by atoms with van der Waals surface area (Å²) >= 11 is 0. The van der Waals surface area contributed by atoms with Gasteiger partial charge in [0.15, 0.2) is 0 Å². The molecule has 2 aromatic rings. The van der Waals surface area contributed by atoms with E-state index in [1.54, 1.807) is 53.9 Å². The number of aryl methyl sites for hydroxylation is 2. The summed E-state index contributed by atoms with van der Waals surface area (Å²) < 4.78 is 47.3. The van der Waals surface area contributed by atoms with E-state index < -0.39 is 27.6 Å². The lowest BCUT2D eigenvalue weighted by Gasteiger charge is -2.36. The first-order valence-electron chi connectivity index (χ1n) is 10.6. The fourth-order valence-electron chi connectivity index (χ4n) is 4.08. The first-order valence-corrected chi connectivity index (χ1v) is 12.0. The Hall–Kier alpha value is -2.36. The van der Waals surface area contributed by atoms with Gasteiger partial charge in [-0.25, -0.2) is 13.2 Å².